The quantitative estimate of drug-likeness (QED) is 0.105. The predicted molar refractivity (Wildman–Crippen MR) is 316 cm³/mol. The van der Waals surface area contributed by atoms with Crippen LogP contribution >= 0.6 is 0 Å². The minimum atomic E-state index is 0. The first-order valence-electron chi connectivity index (χ1n) is 32.2. The van der Waals surface area contributed by atoms with Crippen LogP contribution in [0.3, 0.4) is 0 Å². The van der Waals surface area contributed by atoms with Crippen molar-refractivity contribution in [2.24, 2.45) is 94.7 Å². The second-order valence-corrected chi connectivity index (χ2v) is 39.9. The van der Waals surface area contributed by atoms with E-state index in [0.717, 1.165) is 94.7 Å². The van der Waals surface area contributed by atoms with E-state index in [1.54, 1.807) is 110 Å². The van der Waals surface area contributed by atoms with Gasteiger partial charge in [0, 0.05) is 0 Å². The minimum absolute atomic E-state index is 0. The molecule has 0 unspecified atom stereocenters. The number of fused-ring (bicyclic) bond motifs is 2. The van der Waals surface area contributed by atoms with Gasteiger partial charge < -0.3 is 24.8 Å². The molecule has 0 aromatic heterocycles. The van der Waals surface area contributed by atoms with Gasteiger partial charge in [-0.1, -0.05) is 71.8 Å². The second-order valence-electron chi connectivity index (χ2n) is 30.5. The van der Waals surface area contributed by atoms with Gasteiger partial charge in [0.15, 0.2) is 0 Å². The molecule has 16 fully saturated rings. The molecule has 0 N–H and O–H groups in total. The van der Waals surface area contributed by atoms with Crippen molar-refractivity contribution in [3.8, 4) is 22.3 Å². The Hall–Kier alpha value is -2.22. The minimum Gasteiger partial charge on any atom is -1.00 e. The molecule has 0 atom stereocenters. The summed E-state index contributed by atoms with van der Waals surface area (Å²) in [5, 5.41) is 5.88. The molecule has 0 aliphatic heterocycles. The van der Waals surface area contributed by atoms with Crippen LogP contribution in [0.15, 0.2) is 109 Å². The van der Waals surface area contributed by atoms with Gasteiger partial charge in [-0.15, -0.1) is 69.1 Å². The van der Waals surface area contributed by atoms with Crippen molar-refractivity contribution in [1.29, 1.82) is 0 Å². The van der Waals surface area contributed by atoms with Crippen LogP contribution in [0.2, 0.25) is 13.1 Å². The molecule has 408 valence electrons. The van der Waals surface area contributed by atoms with E-state index in [-0.39, 0.29) is 30.2 Å². The van der Waals surface area contributed by atoms with Gasteiger partial charge in [-0.25, -0.2) is 0 Å². The van der Waals surface area contributed by atoms with Crippen LogP contribution in [0.5, 0.6) is 0 Å². The fourth-order valence-electron chi connectivity index (χ4n) is 23.6. The van der Waals surface area contributed by atoms with Crippen LogP contribution in [-0.4, -0.2) is 5.43 Å². The Bertz CT molecular complexity index is 2810. The molecule has 22 rings (SSSR count). The monoisotopic (exact) mass is 1160 g/mol. The third kappa shape index (κ3) is 9.79. The fraction of sp³-hybridized carbons (Fsp3) is 0.595. The summed E-state index contributed by atoms with van der Waals surface area (Å²) in [6.45, 7) is 4.62. The van der Waals surface area contributed by atoms with Crippen molar-refractivity contribution in [1.82, 2.24) is 0 Å². The number of halogens is 2. The summed E-state index contributed by atoms with van der Waals surface area (Å²) in [4.78, 5) is 0. The molecule has 16 aliphatic carbocycles. The van der Waals surface area contributed by atoms with E-state index in [1.165, 1.54) is 134 Å². The topological polar surface area (TPSA) is 0 Å². The molecule has 0 radical (unpaired) electrons. The second kappa shape index (κ2) is 21.1. The molecule has 6 aromatic rings. The average Bonchev–Trinajstić information content (AvgIpc) is 4.15. The van der Waals surface area contributed by atoms with Crippen molar-refractivity contribution >= 4 is 27.0 Å². The van der Waals surface area contributed by atoms with Crippen LogP contribution in [0.4, 0.5) is 0 Å². The zero-order chi connectivity index (χ0) is 50.4. The zero-order valence-corrected chi connectivity index (χ0v) is 52.3. The smallest absolute Gasteiger partial charge is 0.00391 e. The molecule has 16 bridgehead atoms. The van der Waals surface area contributed by atoms with Crippen molar-refractivity contribution < 1.29 is 48.1 Å². The van der Waals surface area contributed by atoms with Gasteiger partial charge in [-0.3, -0.25) is 0 Å². The van der Waals surface area contributed by atoms with Crippen LogP contribution in [0, 0.1) is 94.7 Å². The standard InChI is InChI=1S/2C36H41.C2H6Si.2ClH.Zr/c2*1-2-29-12-24(17-34-30-13-22-8-23(15-30)16-31(34)14-22)18-35(29)33(3-1)28-4-6-32(7-5-28)36-19-25-9-26(20-36)11-27(10-25)21-36;1-3-2;;;/h2*1-7,12,18,22-23,25-27,30-31,34H,8-11,13-17,19-21H2;1-2H3;2*1H;/q2*-1;;;;+2/p-2. The van der Waals surface area contributed by atoms with Crippen LogP contribution in [0.1, 0.15) is 164 Å². The normalized spacial score (nSPS) is 39.1. The molecular formula is C74H88Cl2SiZr-2. The van der Waals surface area contributed by atoms with Gasteiger partial charge >= 0.3 is 41.9 Å². The first-order chi connectivity index (χ1) is 37.1. The summed E-state index contributed by atoms with van der Waals surface area (Å²) in [5.74, 6) is 16.4. The molecule has 16 saturated carbocycles. The number of benzene rings is 4. The Morgan fingerprint density at radius 3 is 0.974 bits per heavy atom. The Morgan fingerprint density at radius 2 is 0.679 bits per heavy atom. The molecular weight excluding hydrogens is 1080 g/mol. The summed E-state index contributed by atoms with van der Waals surface area (Å²) in [7, 11) is 0. The van der Waals surface area contributed by atoms with Gasteiger partial charge in [0.1, 0.15) is 0 Å². The van der Waals surface area contributed by atoms with Gasteiger partial charge in [0.25, 0.3) is 0 Å². The van der Waals surface area contributed by atoms with Crippen LogP contribution in [-0.2, 0) is 47.0 Å². The predicted octanol–water partition coefficient (Wildman–Crippen LogP) is 13.4. The first kappa shape index (κ1) is 53.8. The van der Waals surface area contributed by atoms with Crippen molar-refractivity contribution in [2.45, 2.75) is 178 Å². The number of hydrogen-bond donors (Lipinski definition) is 0. The Kier molecular flexibility index (Phi) is 14.6. The molecule has 4 heteroatoms. The Morgan fingerprint density at radius 1 is 0.397 bits per heavy atom. The maximum Gasteiger partial charge on any atom is -0.00391 e. The van der Waals surface area contributed by atoms with Crippen molar-refractivity contribution in [2.75, 3.05) is 0 Å². The molecule has 6 aromatic carbocycles. The average molecular weight is 1170 g/mol. The van der Waals surface area contributed by atoms with E-state index in [9.17, 15) is 0 Å². The first-order valence-corrected chi connectivity index (χ1v) is 38.4. The molecule has 0 spiro atoms. The summed E-state index contributed by atoms with van der Waals surface area (Å²) >= 11 is 1.74. The van der Waals surface area contributed by atoms with Gasteiger partial charge in [0.2, 0.25) is 0 Å². The van der Waals surface area contributed by atoms with Gasteiger partial charge in [-0.05, 0) is 282 Å². The molecule has 0 amide bonds. The molecule has 0 heterocycles. The van der Waals surface area contributed by atoms with E-state index >= 15 is 0 Å². The van der Waals surface area contributed by atoms with Gasteiger partial charge in [0.05, 0.1) is 0 Å². The van der Waals surface area contributed by atoms with E-state index in [0.29, 0.717) is 10.8 Å². The van der Waals surface area contributed by atoms with E-state index < -0.39 is 0 Å². The van der Waals surface area contributed by atoms with Crippen LogP contribution < -0.4 is 24.8 Å². The summed E-state index contributed by atoms with van der Waals surface area (Å²) in [6, 6.07) is 44.2. The van der Waals surface area contributed by atoms with E-state index in [4.69, 9.17) is 0 Å². The Labute approximate surface area is 497 Å². The zero-order valence-electron chi connectivity index (χ0n) is 47.4. The molecule has 78 heavy (non-hydrogen) atoms. The third-order valence-electron chi connectivity index (χ3n) is 25.1. The van der Waals surface area contributed by atoms with Crippen molar-refractivity contribution in [3.63, 3.8) is 0 Å². The Balaban J connectivity index is 0.000000130. The summed E-state index contributed by atoms with van der Waals surface area (Å²) in [5.41, 5.74) is 13.5. The third-order valence-corrected chi connectivity index (χ3v) is 25.1. The van der Waals surface area contributed by atoms with Crippen molar-refractivity contribution in [3.05, 3.63) is 131 Å². The fourth-order valence-corrected chi connectivity index (χ4v) is 23.6. The maximum absolute atomic E-state index is 2.57. The summed E-state index contributed by atoms with van der Waals surface area (Å²) in [6.07, 6.45) is 36.1. The largest absolute Gasteiger partial charge is 1.00 e. The van der Waals surface area contributed by atoms with E-state index in [2.05, 4.69) is 122 Å². The SMILES string of the molecule is C[Si](C)=[Zr+2].[Cl-].[Cl-].c1cc(-c2ccc(C34CC5CC(CC(C5)C3)C4)cc2)c2cc(CC3C4CC5CC(C4)CC3C5)[cH-]c2c1.c1cc(-c2ccc(C34CC5CC(CC(C5)C3)C4)cc2)c2cc(CC3C4CC5CC(C4)CC3C5)[cH-]c2c1. The van der Waals surface area contributed by atoms with Gasteiger partial charge in [-0.2, -0.15) is 12.1 Å². The van der Waals surface area contributed by atoms with E-state index in [1.807, 2.05) is 0 Å². The van der Waals surface area contributed by atoms with Crippen LogP contribution in [0.25, 0.3) is 43.8 Å². The molecule has 0 nitrogen and oxygen atoms in total. The molecule has 0 saturated heterocycles. The number of rotatable bonds is 8. The number of hydrogen-bond acceptors (Lipinski definition) is 0. The summed E-state index contributed by atoms with van der Waals surface area (Å²) < 4.78 is 0. The maximum atomic E-state index is 2.57. The molecule has 16 aliphatic rings.